The highest BCUT2D eigenvalue weighted by molar-refractivity contribution is 7.86. The third-order valence-corrected chi connectivity index (χ3v) is 9.65. The standard InChI is InChI=1S/C26H27N2O5S/c1-2-28(34(31,32)22-13-12-20-10-6-7-11-21(20)16-22)24-14-15-27(23(24)17-25(28)29)26(30)33-18-19-8-4-3-5-9-19/h3-13,16,23-24H,2,14-15,17-18H2,1H3/q+1/t23-,24?,28-/m1/s1. The summed E-state index contributed by atoms with van der Waals surface area (Å²) in [5.74, 6) is -0.369. The number of sulfonamides is 1. The van der Waals surface area contributed by atoms with Crippen LogP contribution in [-0.2, 0) is 26.2 Å². The zero-order valence-corrected chi connectivity index (χ0v) is 19.8. The van der Waals surface area contributed by atoms with Gasteiger partial charge >= 0.3 is 22.0 Å². The lowest BCUT2D eigenvalue weighted by molar-refractivity contribution is -0.745. The van der Waals surface area contributed by atoms with Gasteiger partial charge < -0.3 is 4.74 Å². The van der Waals surface area contributed by atoms with Crippen molar-refractivity contribution >= 4 is 32.8 Å². The highest BCUT2D eigenvalue weighted by Crippen LogP contribution is 2.43. The lowest BCUT2D eigenvalue weighted by Crippen LogP contribution is -2.59. The first-order chi connectivity index (χ1) is 16.4. The molecule has 176 valence electrons. The van der Waals surface area contributed by atoms with Gasteiger partial charge in [-0.15, -0.1) is 3.89 Å². The van der Waals surface area contributed by atoms with Gasteiger partial charge in [0.1, 0.15) is 23.6 Å². The van der Waals surface area contributed by atoms with Crippen molar-refractivity contribution in [2.45, 2.75) is 43.4 Å². The molecule has 3 atom stereocenters. The fourth-order valence-electron chi connectivity index (χ4n) is 5.53. The Kier molecular flexibility index (Phi) is 5.65. The van der Waals surface area contributed by atoms with Gasteiger partial charge in [-0.3, -0.25) is 4.90 Å². The van der Waals surface area contributed by atoms with Crippen LogP contribution in [-0.4, -0.2) is 54.4 Å². The predicted octanol–water partition coefficient (Wildman–Crippen LogP) is 4.08. The van der Waals surface area contributed by atoms with Crippen LogP contribution in [0.2, 0.25) is 0 Å². The molecule has 2 saturated heterocycles. The number of hydrogen-bond donors (Lipinski definition) is 0. The number of amides is 2. The van der Waals surface area contributed by atoms with Crippen LogP contribution in [0.5, 0.6) is 0 Å². The Morgan fingerprint density at radius 2 is 1.74 bits per heavy atom. The first-order valence-electron chi connectivity index (χ1n) is 11.5. The Bertz CT molecular complexity index is 1360. The Morgan fingerprint density at radius 3 is 2.47 bits per heavy atom. The first-order valence-corrected chi connectivity index (χ1v) is 12.9. The SMILES string of the molecule is CC[N@+]1(S(=O)(=O)c2ccc3ccccc3c2)C(=O)C[C@@H]2C1CCN2C(=O)OCc1ccccc1. The number of fused-ring (bicyclic) bond motifs is 2. The second-order valence-corrected chi connectivity index (χ2v) is 10.9. The quantitative estimate of drug-likeness (QED) is 0.515. The molecule has 2 fully saturated rings. The van der Waals surface area contributed by atoms with Gasteiger partial charge in [-0.2, -0.15) is 8.42 Å². The van der Waals surface area contributed by atoms with E-state index < -0.39 is 32.1 Å². The maximum atomic E-state index is 14.0. The van der Waals surface area contributed by atoms with Crippen molar-refractivity contribution in [3.63, 3.8) is 0 Å². The van der Waals surface area contributed by atoms with Crippen molar-refractivity contribution < 1.29 is 26.6 Å². The minimum absolute atomic E-state index is 0.00571. The van der Waals surface area contributed by atoms with E-state index in [1.54, 1.807) is 25.1 Å². The second kappa shape index (κ2) is 8.52. The molecule has 1 unspecified atom stereocenters. The van der Waals surface area contributed by atoms with Gasteiger partial charge in [0.2, 0.25) is 0 Å². The molecule has 7 nitrogen and oxygen atoms in total. The van der Waals surface area contributed by atoms with Crippen molar-refractivity contribution in [2.75, 3.05) is 13.1 Å². The Hall–Kier alpha value is -3.23. The van der Waals surface area contributed by atoms with E-state index in [-0.39, 0.29) is 30.4 Å². The predicted molar refractivity (Wildman–Crippen MR) is 127 cm³/mol. The van der Waals surface area contributed by atoms with E-state index in [0.29, 0.717) is 13.0 Å². The van der Waals surface area contributed by atoms with Crippen molar-refractivity contribution in [1.82, 2.24) is 4.90 Å². The normalized spacial score (nSPS) is 24.4. The van der Waals surface area contributed by atoms with E-state index in [9.17, 15) is 18.0 Å². The monoisotopic (exact) mass is 479 g/mol. The number of quaternary nitrogens is 1. The molecule has 5 rings (SSSR count). The van der Waals surface area contributed by atoms with Crippen molar-refractivity contribution in [3.8, 4) is 0 Å². The van der Waals surface area contributed by atoms with Gasteiger partial charge in [-0.25, -0.2) is 9.59 Å². The number of benzene rings is 3. The van der Waals surface area contributed by atoms with Crippen molar-refractivity contribution in [3.05, 3.63) is 78.4 Å². The van der Waals surface area contributed by atoms with Crippen LogP contribution in [0.25, 0.3) is 10.8 Å². The largest absolute Gasteiger partial charge is 0.445 e. The number of likely N-dealkylation sites (tertiary alicyclic amines) is 2. The zero-order valence-electron chi connectivity index (χ0n) is 19.0. The van der Waals surface area contributed by atoms with Crippen molar-refractivity contribution in [2.24, 2.45) is 0 Å². The van der Waals surface area contributed by atoms with E-state index in [0.717, 1.165) is 16.3 Å². The molecule has 2 aliphatic heterocycles. The fourth-order valence-corrected chi connectivity index (χ4v) is 7.70. The molecule has 3 aromatic carbocycles. The molecule has 0 saturated carbocycles. The molecule has 0 bridgehead atoms. The van der Waals surface area contributed by atoms with Crippen LogP contribution < -0.4 is 0 Å². The zero-order chi connectivity index (χ0) is 23.9. The van der Waals surface area contributed by atoms with Crippen molar-refractivity contribution in [1.29, 1.82) is 0 Å². The number of hydrogen-bond acceptors (Lipinski definition) is 5. The van der Waals surface area contributed by atoms with E-state index in [2.05, 4.69) is 0 Å². The summed E-state index contributed by atoms with van der Waals surface area (Å²) in [6.07, 6.45) is -0.0770. The third-order valence-electron chi connectivity index (χ3n) is 7.21. The molecule has 0 N–H and O–H groups in total. The van der Waals surface area contributed by atoms with E-state index in [1.165, 1.54) is 4.90 Å². The lowest BCUT2D eigenvalue weighted by atomic mass is 10.1. The van der Waals surface area contributed by atoms with E-state index in [4.69, 9.17) is 4.74 Å². The summed E-state index contributed by atoms with van der Waals surface area (Å²) in [6.45, 7) is 2.34. The summed E-state index contributed by atoms with van der Waals surface area (Å²) < 4.78 is 32.8. The Morgan fingerprint density at radius 1 is 1.03 bits per heavy atom. The summed E-state index contributed by atoms with van der Waals surface area (Å²) in [6, 6.07) is 20.9. The Balaban J connectivity index is 1.43. The van der Waals surface area contributed by atoms with Crippen LogP contribution in [0.4, 0.5) is 4.79 Å². The molecule has 2 amide bonds. The highest BCUT2D eigenvalue weighted by atomic mass is 32.2. The number of carbonyl (C=O) groups excluding carboxylic acids is 2. The molecule has 2 heterocycles. The lowest BCUT2D eigenvalue weighted by Gasteiger charge is -2.34. The average Bonchev–Trinajstić information content (AvgIpc) is 3.39. The summed E-state index contributed by atoms with van der Waals surface area (Å²) in [5.41, 5.74) is 0.867. The summed E-state index contributed by atoms with van der Waals surface area (Å²) in [4.78, 5) is 27.9. The molecule has 3 aromatic rings. The summed E-state index contributed by atoms with van der Waals surface area (Å²) in [7, 11) is -4.04. The molecular formula is C26H27N2O5S+. The molecule has 34 heavy (non-hydrogen) atoms. The second-order valence-electron chi connectivity index (χ2n) is 8.85. The van der Waals surface area contributed by atoms with Gasteiger partial charge in [0, 0.05) is 13.0 Å². The Labute approximate surface area is 199 Å². The number of rotatable bonds is 5. The van der Waals surface area contributed by atoms with Gasteiger partial charge in [0.05, 0.1) is 13.0 Å². The highest BCUT2D eigenvalue weighted by Gasteiger charge is 2.66. The van der Waals surface area contributed by atoms with Gasteiger partial charge in [-0.1, -0.05) is 60.7 Å². The first kappa shape index (κ1) is 22.6. The topological polar surface area (TPSA) is 80.8 Å². The van der Waals surface area contributed by atoms with Crippen LogP contribution in [0.15, 0.2) is 77.7 Å². The maximum absolute atomic E-state index is 14.0. The fraction of sp³-hybridized carbons (Fsp3) is 0.308. The third kappa shape index (κ3) is 3.40. The number of ether oxygens (including phenoxy) is 1. The molecule has 8 heteroatoms. The van der Waals surface area contributed by atoms with Gasteiger partial charge in [-0.05, 0) is 35.4 Å². The minimum atomic E-state index is -4.04. The average molecular weight is 480 g/mol. The van der Waals surface area contributed by atoms with E-state index in [1.807, 2.05) is 54.6 Å². The molecule has 0 aliphatic carbocycles. The maximum Gasteiger partial charge on any atom is 0.410 e. The molecule has 0 spiro atoms. The van der Waals surface area contributed by atoms with Gasteiger partial charge in [0.25, 0.3) is 0 Å². The summed E-state index contributed by atoms with van der Waals surface area (Å²) >= 11 is 0. The molecule has 0 aromatic heterocycles. The van der Waals surface area contributed by atoms with Crippen LogP contribution >= 0.6 is 0 Å². The smallest absolute Gasteiger partial charge is 0.410 e. The molecular weight excluding hydrogens is 452 g/mol. The summed E-state index contributed by atoms with van der Waals surface area (Å²) in [5, 5.41) is 1.74. The number of likely N-dealkylation sites (N-methyl/N-ethyl adjacent to an activating group) is 1. The minimum Gasteiger partial charge on any atom is -0.445 e. The van der Waals surface area contributed by atoms with E-state index >= 15 is 0 Å². The van der Waals surface area contributed by atoms with Crippen LogP contribution in [0.3, 0.4) is 0 Å². The molecule has 2 aliphatic rings. The van der Waals surface area contributed by atoms with Crippen LogP contribution in [0.1, 0.15) is 25.3 Å². The number of carbonyl (C=O) groups is 2. The van der Waals surface area contributed by atoms with Gasteiger partial charge in [0.15, 0.2) is 0 Å². The molecule has 0 radical (unpaired) electrons. The van der Waals surface area contributed by atoms with Crippen LogP contribution in [0, 0.1) is 0 Å². The number of nitrogens with zero attached hydrogens (tertiary/aromatic N) is 2.